The van der Waals surface area contributed by atoms with Crippen LogP contribution in [0.3, 0.4) is 0 Å². The molecule has 0 aliphatic carbocycles. The van der Waals surface area contributed by atoms with Crippen LogP contribution in [0.2, 0.25) is 0 Å². The standard InChI is InChI=1S/C20H24N2O2/c1-14(23)8-4-3-5-11-19-20-17(12-13-22(19)15(2)24)16-9-6-7-10-18(16)21-20/h6-7,9-11,21H,3-5,8,12-13H2,1-2H3/b19-11-. The molecule has 2 aromatic rings. The second kappa shape index (κ2) is 7.04. The van der Waals surface area contributed by atoms with Crippen LogP contribution in [-0.4, -0.2) is 28.1 Å². The zero-order chi connectivity index (χ0) is 17.1. The Hall–Kier alpha value is -2.36. The molecule has 1 aromatic carbocycles. The summed E-state index contributed by atoms with van der Waals surface area (Å²) in [5, 5.41) is 1.25. The first-order valence-corrected chi connectivity index (χ1v) is 8.65. The van der Waals surface area contributed by atoms with Crippen molar-refractivity contribution < 1.29 is 9.59 Å². The maximum atomic E-state index is 12.0. The van der Waals surface area contributed by atoms with Crippen molar-refractivity contribution in [2.24, 2.45) is 0 Å². The van der Waals surface area contributed by atoms with E-state index in [0.29, 0.717) is 6.42 Å². The number of para-hydroxylation sites is 1. The number of amides is 1. The number of allylic oxidation sites excluding steroid dienone is 1. The molecule has 4 nitrogen and oxygen atoms in total. The third kappa shape index (κ3) is 3.28. The summed E-state index contributed by atoms with van der Waals surface area (Å²) in [6.07, 6.45) is 6.40. The maximum Gasteiger partial charge on any atom is 0.223 e. The highest BCUT2D eigenvalue weighted by Gasteiger charge is 2.26. The van der Waals surface area contributed by atoms with Gasteiger partial charge < -0.3 is 14.7 Å². The summed E-state index contributed by atoms with van der Waals surface area (Å²) in [7, 11) is 0. The molecule has 0 bridgehead atoms. The molecule has 0 saturated heterocycles. The lowest BCUT2D eigenvalue weighted by atomic mass is 9.99. The van der Waals surface area contributed by atoms with Crippen LogP contribution in [0.1, 0.15) is 50.8 Å². The number of carbonyl (C=O) groups excluding carboxylic acids is 2. The number of carbonyl (C=O) groups is 2. The summed E-state index contributed by atoms with van der Waals surface area (Å²) in [6.45, 7) is 3.98. The number of benzene rings is 1. The van der Waals surface area contributed by atoms with Crippen molar-refractivity contribution in [1.82, 2.24) is 9.88 Å². The molecule has 1 N–H and O–H groups in total. The molecule has 126 valence electrons. The molecule has 1 aliphatic heterocycles. The monoisotopic (exact) mass is 324 g/mol. The van der Waals surface area contributed by atoms with Gasteiger partial charge in [0.15, 0.2) is 0 Å². The van der Waals surface area contributed by atoms with Gasteiger partial charge >= 0.3 is 0 Å². The molecule has 1 aliphatic rings. The van der Waals surface area contributed by atoms with E-state index in [2.05, 4.69) is 29.3 Å². The Morgan fingerprint density at radius 2 is 2.00 bits per heavy atom. The number of aromatic nitrogens is 1. The minimum atomic E-state index is 0.0780. The van der Waals surface area contributed by atoms with Crippen LogP contribution in [0.5, 0.6) is 0 Å². The van der Waals surface area contributed by atoms with Gasteiger partial charge in [0.2, 0.25) is 5.91 Å². The van der Waals surface area contributed by atoms with E-state index in [1.807, 2.05) is 11.0 Å². The van der Waals surface area contributed by atoms with E-state index in [4.69, 9.17) is 0 Å². The first-order chi connectivity index (χ1) is 11.6. The number of nitrogens with zero attached hydrogens (tertiary/aromatic N) is 1. The van der Waals surface area contributed by atoms with Gasteiger partial charge in [-0.25, -0.2) is 0 Å². The van der Waals surface area contributed by atoms with Crippen LogP contribution in [0.15, 0.2) is 30.3 Å². The van der Waals surface area contributed by atoms with Crippen LogP contribution in [0, 0.1) is 0 Å². The van der Waals surface area contributed by atoms with E-state index in [9.17, 15) is 9.59 Å². The Morgan fingerprint density at radius 3 is 2.75 bits per heavy atom. The average Bonchev–Trinajstić information content (AvgIpc) is 2.93. The lowest BCUT2D eigenvalue weighted by molar-refractivity contribution is -0.125. The fraction of sp³-hybridized carbons (Fsp3) is 0.400. The van der Waals surface area contributed by atoms with Crippen LogP contribution >= 0.6 is 0 Å². The van der Waals surface area contributed by atoms with Gasteiger partial charge in [-0.1, -0.05) is 24.3 Å². The van der Waals surface area contributed by atoms with Crippen LogP contribution < -0.4 is 0 Å². The van der Waals surface area contributed by atoms with Crippen molar-refractivity contribution in [1.29, 1.82) is 0 Å². The highest BCUT2D eigenvalue weighted by molar-refractivity contribution is 5.93. The van der Waals surface area contributed by atoms with Crippen molar-refractivity contribution in [2.75, 3.05) is 6.54 Å². The van der Waals surface area contributed by atoms with Gasteiger partial charge in [-0.3, -0.25) is 4.79 Å². The van der Waals surface area contributed by atoms with Gasteiger partial charge in [-0.15, -0.1) is 0 Å². The molecule has 0 spiro atoms. The molecule has 4 heteroatoms. The number of unbranched alkanes of at least 4 members (excludes halogenated alkanes) is 2. The smallest absolute Gasteiger partial charge is 0.223 e. The molecule has 1 amide bonds. The van der Waals surface area contributed by atoms with Crippen molar-refractivity contribution in [2.45, 2.75) is 46.0 Å². The molecule has 0 atom stereocenters. The summed E-state index contributed by atoms with van der Waals surface area (Å²) in [4.78, 5) is 28.4. The zero-order valence-corrected chi connectivity index (χ0v) is 14.4. The predicted molar refractivity (Wildman–Crippen MR) is 96.5 cm³/mol. The maximum absolute atomic E-state index is 12.0. The number of hydrogen-bond donors (Lipinski definition) is 1. The number of fused-ring (bicyclic) bond motifs is 3. The fourth-order valence-electron chi connectivity index (χ4n) is 3.45. The summed E-state index contributed by atoms with van der Waals surface area (Å²) < 4.78 is 0. The Bertz CT molecular complexity index is 801. The second-order valence-electron chi connectivity index (χ2n) is 6.48. The van der Waals surface area contributed by atoms with Crippen LogP contribution in [-0.2, 0) is 16.0 Å². The predicted octanol–water partition coefficient (Wildman–Crippen LogP) is 4.06. The van der Waals surface area contributed by atoms with Crippen molar-refractivity contribution in [3.63, 3.8) is 0 Å². The first-order valence-electron chi connectivity index (χ1n) is 8.65. The number of H-pyrrole nitrogens is 1. The van der Waals surface area contributed by atoms with Crippen molar-refractivity contribution in [3.05, 3.63) is 41.6 Å². The quantitative estimate of drug-likeness (QED) is 0.843. The SMILES string of the molecule is CC(=O)CCCC/C=C1/c2[nH]c3ccccc3c2CCN1C(C)=O. The van der Waals surface area contributed by atoms with Gasteiger partial charge in [0, 0.05) is 30.8 Å². The summed E-state index contributed by atoms with van der Waals surface area (Å²) in [5.41, 5.74) is 4.49. The molecule has 0 fully saturated rings. The largest absolute Gasteiger partial charge is 0.353 e. The molecule has 0 unspecified atom stereocenters. The topological polar surface area (TPSA) is 53.2 Å². The molecule has 24 heavy (non-hydrogen) atoms. The van der Waals surface area contributed by atoms with E-state index >= 15 is 0 Å². The minimum Gasteiger partial charge on any atom is -0.353 e. The Labute approximate surface area is 142 Å². The molecular formula is C20H24N2O2. The van der Waals surface area contributed by atoms with Crippen LogP contribution in [0.25, 0.3) is 16.6 Å². The second-order valence-corrected chi connectivity index (χ2v) is 6.48. The van der Waals surface area contributed by atoms with Gasteiger partial charge in [-0.05, 0) is 44.2 Å². The number of rotatable bonds is 5. The number of hydrogen-bond acceptors (Lipinski definition) is 2. The number of ketones is 1. The Balaban J connectivity index is 1.89. The van der Waals surface area contributed by atoms with E-state index in [-0.39, 0.29) is 11.7 Å². The molecular weight excluding hydrogens is 300 g/mol. The minimum absolute atomic E-state index is 0.0780. The molecule has 3 rings (SSSR count). The normalized spacial score (nSPS) is 15.8. The lowest BCUT2D eigenvalue weighted by Gasteiger charge is -2.29. The fourth-order valence-corrected chi connectivity index (χ4v) is 3.45. The van der Waals surface area contributed by atoms with E-state index < -0.39 is 0 Å². The summed E-state index contributed by atoms with van der Waals surface area (Å²) in [6, 6.07) is 8.30. The van der Waals surface area contributed by atoms with Gasteiger partial charge in [0.25, 0.3) is 0 Å². The number of Topliss-reactive ketones (excluding diaryl/α,β-unsaturated/α-hetero) is 1. The van der Waals surface area contributed by atoms with Gasteiger partial charge in [-0.2, -0.15) is 0 Å². The molecule has 1 aromatic heterocycles. The third-order valence-corrected chi connectivity index (χ3v) is 4.65. The van der Waals surface area contributed by atoms with Crippen molar-refractivity contribution in [3.8, 4) is 0 Å². The summed E-state index contributed by atoms with van der Waals surface area (Å²) >= 11 is 0. The van der Waals surface area contributed by atoms with Gasteiger partial charge in [0.1, 0.15) is 5.78 Å². The van der Waals surface area contributed by atoms with E-state index in [0.717, 1.165) is 49.1 Å². The molecule has 0 radical (unpaired) electrons. The van der Waals surface area contributed by atoms with Crippen LogP contribution in [0.4, 0.5) is 0 Å². The first kappa shape index (κ1) is 16.5. The zero-order valence-electron chi connectivity index (χ0n) is 14.4. The Kier molecular flexibility index (Phi) is 4.84. The average molecular weight is 324 g/mol. The highest BCUT2D eigenvalue weighted by atomic mass is 16.2. The number of aromatic amines is 1. The van der Waals surface area contributed by atoms with Crippen molar-refractivity contribution >= 4 is 28.3 Å². The summed E-state index contributed by atoms with van der Waals surface area (Å²) in [5.74, 6) is 0.317. The van der Waals surface area contributed by atoms with E-state index in [1.165, 1.54) is 10.9 Å². The molecule has 2 heterocycles. The molecule has 0 saturated carbocycles. The highest BCUT2D eigenvalue weighted by Crippen LogP contribution is 2.34. The van der Waals surface area contributed by atoms with Gasteiger partial charge in [0.05, 0.1) is 11.4 Å². The Morgan fingerprint density at radius 1 is 1.21 bits per heavy atom. The van der Waals surface area contributed by atoms with E-state index in [1.54, 1.807) is 13.8 Å². The third-order valence-electron chi connectivity index (χ3n) is 4.65. The lowest BCUT2D eigenvalue weighted by Crippen LogP contribution is -2.33. The number of nitrogens with one attached hydrogen (secondary N) is 1.